The molecular formula is C16H22N2O2. The van der Waals surface area contributed by atoms with E-state index in [4.69, 9.17) is 5.11 Å². The number of carbonyl (C=O) groups excluding carboxylic acids is 1. The SMILES string of the molecule is CCN(CC)C(=O)NCc1cccc(C#CCCO)c1. The number of carbonyl (C=O) groups is 1. The Balaban J connectivity index is 2.59. The van der Waals surface area contributed by atoms with Crippen LogP contribution in [-0.4, -0.2) is 35.7 Å². The molecule has 1 aromatic rings. The maximum atomic E-state index is 11.8. The monoisotopic (exact) mass is 274 g/mol. The van der Waals surface area contributed by atoms with Crippen molar-refractivity contribution in [1.29, 1.82) is 0 Å². The molecule has 1 rings (SSSR count). The first-order valence-electron chi connectivity index (χ1n) is 6.92. The molecule has 0 unspecified atom stereocenters. The van der Waals surface area contributed by atoms with Crippen molar-refractivity contribution < 1.29 is 9.90 Å². The summed E-state index contributed by atoms with van der Waals surface area (Å²) in [7, 11) is 0. The molecule has 4 nitrogen and oxygen atoms in total. The van der Waals surface area contributed by atoms with Crippen molar-refractivity contribution in [1.82, 2.24) is 10.2 Å². The number of nitrogens with one attached hydrogen (secondary N) is 1. The molecule has 0 bridgehead atoms. The highest BCUT2D eigenvalue weighted by Gasteiger charge is 2.07. The third-order valence-corrected chi connectivity index (χ3v) is 2.89. The Labute approximate surface area is 120 Å². The van der Waals surface area contributed by atoms with Gasteiger partial charge < -0.3 is 15.3 Å². The summed E-state index contributed by atoms with van der Waals surface area (Å²) in [6.07, 6.45) is 0.475. The Morgan fingerprint density at radius 3 is 2.75 bits per heavy atom. The molecular weight excluding hydrogens is 252 g/mol. The summed E-state index contributed by atoms with van der Waals surface area (Å²) in [6.45, 7) is 5.89. The van der Waals surface area contributed by atoms with Crippen molar-refractivity contribution in [2.24, 2.45) is 0 Å². The molecule has 0 fully saturated rings. The molecule has 20 heavy (non-hydrogen) atoms. The van der Waals surface area contributed by atoms with E-state index >= 15 is 0 Å². The van der Waals surface area contributed by atoms with Gasteiger partial charge in [-0.3, -0.25) is 0 Å². The Hall–Kier alpha value is -1.99. The van der Waals surface area contributed by atoms with Gasteiger partial charge in [0.15, 0.2) is 0 Å². The minimum absolute atomic E-state index is 0.0493. The van der Waals surface area contributed by atoms with Crippen LogP contribution in [0.1, 0.15) is 31.4 Å². The molecule has 2 amide bonds. The molecule has 0 aliphatic rings. The zero-order chi connectivity index (χ0) is 14.8. The number of hydrogen-bond acceptors (Lipinski definition) is 2. The average molecular weight is 274 g/mol. The van der Waals surface area contributed by atoms with E-state index < -0.39 is 0 Å². The van der Waals surface area contributed by atoms with E-state index in [1.807, 2.05) is 38.1 Å². The Bertz CT molecular complexity index is 485. The van der Waals surface area contributed by atoms with E-state index in [1.54, 1.807) is 4.90 Å². The van der Waals surface area contributed by atoms with E-state index in [-0.39, 0.29) is 12.6 Å². The Kier molecular flexibility index (Phi) is 7.23. The molecule has 4 heteroatoms. The molecule has 0 saturated carbocycles. The van der Waals surface area contributed by atoms with Crippen molar-refractivity contribution in [3.05, 3.63) is 35.4 Å². The minimum Gasteiger partial charge on any atom is -0.395 e. The van der Waals surface area contributed by atoms with E-state index in [1.165, 1.54) is 0 Å². The summed E-state index contributed by atoms with van der Waals surface area (Å²) in [5, 5.41) is 11.6. The van der Waals surface area contributed by atoms with Gasteiger partial charge in [0.05, 0.1) is 6.61 Å². The minimum atomic E-state index is -0.0493. The lowest BCUT2D eigenvalue weighted by atomic mass is 10.1. The second-order valence-electron chi connectivity index (χ2n) is 4.31. The third kappa shape index (κ3) is 5.33. The van der Waals surface area contributed by atoms with Gasteiger partial charge in [-0.05, 0) is 31.5 Å². The number of amides is 2. The molecule has 0 saturated heterocycles. The van der Waals surface area contributed by atoms with Crippen LogP contribution >= 0.6 is 0 Å². The van der Waals surface area contributed by atoms with Gasteiger partial charge in [0.1, 0.15) is 0 Å². The first-order chi connectivity index (χ1) is 9.71. The van der Waals surface area contributed by atoms with Crippen LogP contribution in [0.4, 0.5) is 4.79 Å². The molecule has 1 aromatic carbocycles. The normalized spacial score (nSPS) is 9.55. The number of nitrogens with zero attached hydrogens (tertiary/aromatic N) is 1. The van der Waals surface area contributed by atoms with Crippen LogP contribution < -0.4 is 5.32 Å². The largest absolute Gasteiger partial charge is 0.395 e. The van der Waals surface area contributed by atoms with E-state index in [0.717, 1.165) is 11.1 Å². The summed E-state index contributed by atoms with van der Waals surface area (Å²) in [6, 6.07) is 7.70. The van der Waals surface area contributed by atoms with Crippen LogP contribution in [0.3, 0.4) is 0 Å². The van der Waals surface area contributed by atoms with Crippen LogP contribution in [0.5, 0.6) is 0 Å². The third-order valence-electron chi connectivity index (χ3n) is 2.89. The van der Waals surface area contributed by atoms with Crippen molar-refractivity contribution in [2.45, 2.75) is 26.8 Å². The van der Waals surface area contributed by atoms with E-state index in [0.29, 0.717) is 26.1 Å². The van der Waals surface area contributed by atoms with Gasteiger partial charge in [0, 0.05) is 31.6 Å². The van der Waals surface area contributed by atoms with Gasteiger partial charge in [-0.25, -0.2) is 4.79 Å². The maximum Gasteiger partial charge on any atom is 0.317 e. The van der Waals surface area contributed by atoms with Crippen molar-refractivity contribution in [2.75, 3.05) is 19.7 Å². The zero-order valence-electron chi connectivity index (χ0n) is 12.1. The molecule has 0 radical (unpaired) electrons. The highest BCUT2D eigenvalue weighted by molar-refractivity contribution is 5.74. The first kappa shape index (κ1) is 16.1. The summed E-state index contributed by atoms with van der Waals surface area (Å²) in [5.74, 6) is 5.87. The number of aliphatic hydroxyl groups excluding tert-OH is 1. The van der Waals surface area contributed by atoms with Crippen molar-refractivity contribution >= 4 is 6.03 Å². The van der Waals surface area contributed by atoms with Gasteiger partial charge >= 0.3 is 6.03 Å². The number of hydrogen-bond donors (Lipinski definition) is 2. The average Bonchev–Trinajstić information content (AvgIpc) is 2.47. The second kappa shape index (κ2) is 9.00. The summed E-state index contributed by atoms with van der Waals surface area (Å²) in [4.78, 5) is 13.6. The Morgan fingerprint density at radius 2 is 2.10 bits per heavy atom. The molecule has 0 aromatic heterocycles. The summed E-state index contributed by atoms with van der Waals surface area (Å²) in [5.41, 5.74) is 1.91. The van der Waals surface area contributed by atoms with Gasteiger partial charge in [0.25, 0.3) is 0 Å². The molecule has 0 atom stereocenters. The van der Waals surface area contributed by atoms with Crippen LogP contribution in [-0.2, 0) is 6.54 Å². The fourth-order valence-corrected chi connectivity index (χ4v) is 1.78. The molecule has 108 valence electrons. The van der Waals surface area contributed by atoms with E-state index in [2.05, 4.69) is 17.2 Å². The van der Waals surface area contributed by atoms with E-state index in [9.17, 15) is 4.79 Å². The van der Waals surface area contributed by atoms with Crippen molar-refractivity contribution in [3.8, 4) is 11.8 Å². The Morgan fingerprint density at radius 1 is 1.35 bits per heavy atom. The van der Waals surface area contributed by atoms with Crippen LogP contribution in [0, 0.1) is 11.8 Å². The number of rotatable bonds is 5. The second-order valence-corrected chi connectivity index (χ2v) is 4.31. The number of benzene rings is 1. The summed E-state index contributed by atoms with van der Waals surface area (Å²) < 4.78 is 0. The van der Waals surface area contributed by atoms with Crippen LogP contribution in [0.2, 0.25) is 0 Å². The van der Waals surface area contributed by atoms with Gasteiger partial charge in [-0.15, -0.1) is 0 Å². The predicted octanol–water partition coefficient (Wildman–Crippen LogP) is 1.97. The number of aliphatic hydroxyl groups is 1. The highest BCUT2D eigenvalue weighted by Crippen LogP contribution is 2.04. The summed E-state index contributed by atoms with van der Waals surface area (Å²) >= 11 is 0. The fourth-order valence-electron chi connectivity index (χ4n) is 1.78. The lowest BCUT2D eigenvalue weighted by molar-refractivity contribution is 0.203. The lowest BCUT2D eigenvalue weighted by Crippen LogP contribution is -2.39. The quantitative estimate of drug-likeness (QED) is 0.807. The zero-order valence-corrected chi connectivity index (χ0v) is 12.1. The fraction of sp³-hybridized carbons (Fsp3) is 0.438. The molecule has 0 heterocycles. The standard InChI is InChI=1S/C16H22N2O2/c1-3-18(4-2)16(20)17-13-15-10-7-9-14(12-15)8-5-6-11-19/h7,9-10,12,19H,3-4,6,11,13H2,1-2H3,(H,17,20). The molecule has 0 spiro atoms. The van der Waals surface area contributed by atoms with Crippen LogP contribution in [0.15, 0.2) is 24.3 Å². The van der Waals surface area contributed by atoms with Crippen LogP contribution in [0.25, 0.3) is 0 Å². The first-order valence-corrected chi connectivity index (χ1v) is 6.92. The molecule has 2 N–H and O–H groups in total. The highest BCUT2D eigenvalue weighted by atomic mass is 16.2. The van der Waals surface area contributed by atoms with Gasteiger partial charge in [-0.1, -0.05) is 24.0 Å². The maximum absolute atomic E-state index is 11.8. The predicted molar refractivity (Wildman–Crippen MR) is 80.2 cm³/mol. The van der Waals surface area contributed by atoms with Crippen molar-refractivity contribution in [3.63, 3.8) is 0 Å². The lowest BCUT2D eigenvalue weighted by Gasteiger charge is -2.19. The number of urea groups is 1. The topological polar surface area (TPSA) is 52.6 Å². The smallest absolute Gasteiger partial charge is 0.317 e. The van der Waals surface area contributed by atoms with Gasteiger partial charge in [0.2, 0.25) is 0 Å². The molecule has 0 aliphatic heterocycles. The molecule has 0 aliphatic carbocycles. The van der Waals surface area contributed by atoms with Gasteiger partial charge in [-0.2, -0.15) is 0 Å².